The van der Waals surface area contributed by atoms with Gasteiger partial charge in [0.05, 0.1) is 30.2 Å². The van der Waals surface area contributed by atoms with Gasteiger partial charge in [0.25, 0.3) is 0 Å². The van der Waals surface area contributed by atoms with Gasteiger partial charge in [0.2, 0.25) is 10.0 Å². The van der Waals surface area contributed by atoms with E-state index >= 15 is 0 Å². The van der Waals surface area contributed by atoms with E-state index in [4.69, 9.17) is 9.15 Å². The zero-order chi connectivity index (χ0) is 17.9. The zero-order valence-corrected chi connectivity index (χ0v) is 14.7. The van der Waals surface area contributed by atoms with E-state index in [0.29, 0.717) is 5.75 Å². The lowest BCUT2D eigenvalue weighted by Crippen LogP contribution is -2.23. The molecule has 1 N–H and O–H groups in total. The predicted octanol–water partition coefficient (Wildman–Crippen LogP) is 3.14. The first-order valence-corrected chi connectivity index (χ1v) is 9.10. The lowest BCUT2D eigenvalue weighted by Gasteiger charge is -2.10. The van der Waals surface area contributed by atoms with Crippen molar-refractivity contribution in [3.05, 3.63) is 66.2 Å². The average molecular weight is 358 g/mol. The van der Waals surface area contributed by atoms with Gasteiger partial charge in [-0.05, 0) is 48.4 Å². The SMILES string of the molecule is COc1ccc(S(=O)(=O)NCc2ccc(-c3ccoc3)nc2)cc1C. The van der Waals surface area contributed by atoms with Gasteiger partial charge in [0.15, 0.2) is 0 Å². The summed E-state index contributed by atoms with van der Waals surface area (Å²) in [5.41, 5.74) is 3.17. The van der Waals surface area contributed by atoms with E-state index in [1.54, 1.807) is 44.9 Å². The molecule has 0 bridgehead atoms. The highest BCUT2D eigenvalue weighted by atomic mass is 32.2. The molecule has 0 aliphatic heterocycles. The molecule has 0 saturated heterocycles. The molecule has 25 heavy (non-hydrogen) atoms. The molecule has 1 aromatic carbocycles. The summed E-state index contributed by atoms with van der Waals surface area (Å²) in [5, 5.41) is 0. The van der Waals surface area contributed by atoms with Gasteiger partial charge in [-0.25, -0.2) is 13.1 Å². The van der Waals surface area contributed by atoms with Crippen LogP contribution in [-0.2, 0) is 16.6 Å². The van der Waals surface area contributed by atoms with Crippen molar-refractivity contribution in [1.29, 1.82) is 0 Å². The first kappa shape index (κ1) is 17.2. The summed E-state index contributed by atoms with van der Waals surface area (Å²) in [6.07, 6.45) is 4.83. The number of ether oxygens (including phenoxy) is 1. The first-order chi connectivity index (χ1) is 12.0. The second-order valence-electron chi connectivity index (χ2n) is 5.52. The smallest absolute Gasteiger partial charge is 0.240 e. The minimum Gasteiger partial charge on any atom is -0.496 e. The number of benzene rings is 1. The fourth-order valence-corrected chi connectivity index (χ4v) is 3.49. The Balaban J connectivity index is 1.71. The van der Waals surface area contributed by atoms with Gasteiger partial charge < -0.3 is 9.15 Å². The van der Waals surface area contributed by atoms with Crippen molar-refractivity contribution >= 4 is 10.0 Å². The molecule has 0 atom stereocenters. The maximum atomic E-state index is 12.4. The molecule has 0 amide bonds. The third kappa shape index (κ3) is 3.89. The maximum Gasteiger partial charge on any atom is 0.240 e. The van der Waals surface area contributed by atoms with Gasteiger partial charge in [0.1, 0.15) is 5.75 Å². The Morgan fingerprint density at radius 2 is 2.04 bits per heavy atom. The van der Waals surface area contributed by atoms with Crippen molar-refractivity contribution in [2.24, 2.45) is 0 Å². The largest absolute Gasteiger partial charge is 0.496 e. The molecule has 130 valence electrons. The minimum absolute atomic E-state index is 0.159. The first-order valence-electron chi connectivity index (χ1n) is 7.61. The molecule has 2 aromatic heterocycles. The number of nitrogens with zero attached hydrogens (tertiary/aromatic N) is 1. The molecule has 0 fully saturated rings. The van der Waals surface area contributed by atoms with Crippen LogP contribution in [0.4, 0.5) is 0 Å². The van der Waals surface area contributed by atoms with Crippen LogP contribution in [0.15, 0.2) is 64.4 Å². The fraction of sp³-hybridized carbons (Fsp3) is 0.167. The van der Waals surface area contributed by atoms with E-state index in [0.717, 1.165) is 22.4 Å². The molecule has 0 unspecified atom stereocenters. The van der Waals surface area contributed by atoms with Gasteiger partial charge in [-0.1, -0.05) is 6.07 Å². The number of methoxy groups -OCH3 is 1. The van der Waals surface area contributed by atoms with E-state index in [9.17, 15) is 8.42 Å². The molecule has 7 heteroatoms. The molecular formula is C18H18N2O4S. The Bertz CT molecular complexity index is 949. The monoisotopic (exact) mass is 358 g/mol. The van der Waals surface area contributed by atoms with Gasteiger partial charge in [0, 0.05) is 18.3 Å². The Labute approximate surface area is 146 Å². The van der Waals surface area contributed by atoms with Crippen molar-refractivity contribution in [2.45, 2.75) is 18.4 Å². The van der Waals surface area contributed by atoms with Crippen LogP contribution >= 0.6 is 0 Å². The van der Waals surface area contributed by atoms with Crippen molar-refractivity contribution < 1.29 is 17.6 Å². The molecule has 0 aliphatic rings. The van der Waals surface area contributed by atoms with Crippen molar-refractivity contribution in [2.75, 3.05) is 7.11 Å². The van der Waals surface area contributed by atoms with Crippen molar-refractivity contribution in [3.8, 4) is 17.0 Å². The third-order valence-electron chi connectivity index (χ3n) is 3.78. The van der Waals surface area contributed by atoms with Gasteiger partial charge in [-0.3, -0.25) is 4.98 Å². The summed E-state index contributed by atoms with van der Waals surface area (Å²) >= 11 is 0. The standard InChI is InChI=1S/C18H18N2O4S/c1-13-9-16(4-6-18(13)23-2)25(21,22)20-11-14-3-5-17(19-10-14)15-7-8-24-12-15/h3-10,12,20H,11H2,1-2H3. The predicted molar refractivity (Wildman–Crippen MR) is 93.7 cm³/mol. The van der Waals surface area contributed by atoms with Gasteiger partial charge in [-0.2, -0.15) is 0 Å². The number of nitrogens with one attached hydrogen (secondary N) is 1. The van der Waals surface area contributed by atoms with E-state index in [1.807, 2.05) is 18.2 Å². The number of hydrogen-bond donors (Lipinski definition) is 1. The number of rotatable bonds is 6. The van der Waals surface area contributed by atoms with E-state index in [1.165, 1.54) is 6.07 Å². The van der Waals surface area contributed by atoms with Crippen LogP contribution < -0.4 is 9.46 Å². The highest BCUT2D eigenvalue weighted by Gasteiger charge is 2.15. The molecule has 0 radical (unpaired) electrons. The normalized spacial score (nSPS) is 11.4. The van der Waals surface area contributed by atoms with Crippen molar-refractivity contribution in [3.63, 3.8) is 0 Å². The van der Waals surface area contributed by atoms with Crippen LogP contribution in [0.25, 0.3) is 11.3 Å². The number of aromatic nitrogens is 1. The molecule has 3 rings (SSSR count). The maximum absolute atomic E-state index is 12.4. The molecular weight excluding hydrogens is 340 g/mol. The van der Waals surface area contributed by atoms with Crippen LogP contribution in [0.1, 0.15) is 11.1 Å². The number of furan rings is 1. The molecule has 0 saturated carbocycles. The lowest BCUT2D eigenvalue weighted by atomic mass is 10.2. The summed E-state index contributed by atoms with van der Waals surface area (Å²) in [4.78, 5) is 4.52. The number of hydrogen-bond acceptors (Lipinski definition) is 5. The zero-order valence-electron chi connectivity index (χ0n) is 13.9. The average Bonchev–Trinajstić information content (AvgIpc) is 3.15. The van der Waals surface area contributed by atoms with Crippen LogP contribution in [0.3, 0.4) is 0 Å². The molecule has 3 aromatic rings. The van der Waals surface area contributed by atoms with E-state index in [-0.39, 0.29) is 11.4 Å². The molecule has 2 heterocycles. The molecule has 0 spiro atoms. The highest BCUT2D eigenvalue weighted by Crippen LogP contribution is 2.21. The Morgan fingerprint density at radius 3 is 2.64 bits per heavy atom. The van der Waals surface area contributed by atoms with Gasteiger partial charge in [-0.15, -0.1) is 0 Å². The number of pyridine rings is 1. The highest BCUT2D eigenvalue weighted by molar-refractivity contribution is 7.89. The topological polar surface area (TPSA) is 81.4 Å². The second kappa shape index (κ2) is 7.08. The number of aryl methyl sites for hydroxylation is 1. The van der Waals surface area contributed by atoms with Gasteiger partial charge >= 0.3 is 0 Å². The van der Waals surface area contributed by atoms with E-state index < -0.39 is 10.0 Å². The van der Waals surface area contributed by atoms with Crippen LogP contribution in [0, 0.1) is 6.92 Å². The van der Waals surface area contributed by atoms with E-state index in [2.05, 4.69) is 9.71 Å². The fourth-order valence-electron chi connectivity index (χ4n) is 2.39. The summed E-state index contributed by atoms with van der Waals surface area (Å²) < 4.78 is 37.6. The Kier molecular flexibility index (Phi) is 4.87. The summed E-state index contributed by atoms with van der Waals surface area (Å²) in [5.74, 6) is 0.651. The third-order valence-corrected chi connectivity index (χ3v) is 5.18. The summed E-state index contributed by atoms with van der Waals surface area (Å²) in [6.45, 7) is 1.96. The van der Waals surface area contributed by atoms with Crippen LogP contribution in [-0.4, -0.2) is 20.5 Å². The van der Waals surface area contributed by atoms with Crippen LogP contribution in [0.5, 0.6) is 5.75 Å². The lowest BCUT2D eigenvalue weighted by molar-refractivity contribution is 0.411. The molecule has 0 aliphatic carbocycles. The second-order valence-corrected chi connectivity index (χ2v) is 7.29. The Morgan fingerprint density at radius 1 is 1.20 bits per heavy atom. The summed E-state index contributed by atoms with van der Waals surface area (Å²) in [6, 6.07) is 10.2. The quantitative estimate of drug-likeness (QED) is 0.732. The number of sulfonamides is 1. The minimum atomic E-state index is -3.61. The van der Waals surface area contributed by atoms with Crippen molar-refractivity contribution in [1.82, 2.24) is 9.71 Å². The summed E-state index contributed by atoms with van der Waals surface area (Å²) in [7, 11) is -2.06. The van der Waals surface area contributed by atoms with Crippen LogP contribution in [0.2, 0.25) is 0 Å². The Hall–Kier alpha value is -2.64. The molecule has 6 nitrogen and oxygen atoms in total.